The molecule has 2 N–H and O–H groups in total. The van der Waals surface area contributed by atoms with E-state index in [-0.39, 0.29) is 0 Å². The Morgan fingerprint density at radius 1 is 1.19 bits per heavy atom. The van der Waals surface area contributed by atoms with Crippen LogP contribution in [0.1, 0.15) is 20.9 Å². The molecule has 0 saturated carbocycles. The van der Waals surface area contributed by atoms with E-state index in [9.17, 15) is 0 Å². The van der Waals surface area contributed by atoms with Crippen LogP contribution in [0.25, 0.3) is 10.1 Å². The van der Waals surface area contributed by atoms with Crippen molar-refractivity contribution in [3.63, 3.8) is 0 Å². The molecule has 0 amide bonds. The van der Waals surface area contributed by atoms with Gasteiger partial charge in [-0.15, -0.1) is 22.7 Å². The Balaban J connectivity index is 1.65. The predicted molar refractivity (Wildman–Crippen MR) is 91.9 cm³/mol. The van der Waals surface area contributed by atoms with E-state index in [4.69, 9.17) is 5.73 Å². The molecule has 0 spiro atoms. The molecule has 0 radical (unpaired) electrons. The number of hydrogen-bond donors (Lipinski definition) is 1. The van der Waals surface area contributed by atoms with Gasteiger partial charge in [0, 0.05) is 40.6 Å². The zero-order valence-corrected chi connectivity index (χ0v) is 13.5. The standard InChI is InChI=1S/C17H18N2S2/c18-9-17-14(13-3-1-2-4-16(13)21-17)11-19-7-5-15-12(10-19)6-8-20-15/h1-4,6,8H,5,7,9-11,18H2. The van der Waals surface area contributed by atoms with Crippen molar-refractivity contribution in [1.82, 2.24) is 4.90 Å². The van der Waals surface area contributed by atoms with Crippen LogP contribution in [0, 0.1) is 0 Å². The Labute approximate surface area is 132 Å². The van der Waals surface area contributed by atoms with Gasteiger partial charge in [0.1, 0.15) is 0 Å². The van der Waals surface area contributed by atoms with Crippen LogP contribution in [0.15, 0.2) is 35.7 Å². The zero-order valence-electron chi connectivity index (χ0n) is 11.8. The average molecular weight is 314 g/mol. The SMILES string of the molecule is NCc1sc2ccccc2c1CN1CCc2sccc2C1. The predicted octanol–water partition coefficient (Wildman–Crippen LogP) is 3.98. The summed E-state index contributed by atoms with van der Waals surface area (Å²) in [6.07, 6.45) is 1.19. The first-order chi connectivity index (χ1) is 10.3. The van der Waals surface area contributed by atoms with Gasteiger partial charge in [0.2, 0.25) is 0 Å². The highest BCUT2D eigenvalue weighted by Gasteiger charge is 2.20. The second-order valence-electron chi connectivity index (χ2n) is 5.53. The monoisotopic (exact) mass is 314 g/mol. The van der Waals surface area contributed by atoms with Crippen molar-refractivity contribution in [3.05, 3.63) is 56.6 Å². The summed E-state index contributed by atoms with van der Waals surface area (Å²) >= 11 is 3.75. The van der Waals surface area contributed by atoms with E-state index in [0.29, 0.717) is 6.54 Å². The zero-order chi connectivity index (χ0) is 14.2. The Kier molecular flexibility index (Phi) is 3.55. The first-order valence-electron chi connectivity index (χ1n) is 7.32. The fourth-order valence-electron chi connectivity index (χ4n) is 3.15. The van der Waals surface area contributed by atoms with Gasteiger partial charge in [-0.3, -0.25) is 4.90 Å². The number of thiophene rings is 2. The quantitative estimate of drug-likeness (QED) is 0.792. The van der Waals surface area contributed by atoms with Crippen molar-refractivity contribution >= 4 is 32.8 Å². The molecule has 0 aliphatic carbocycles. The number of nitrogens with zero attached hydrogens (tertiary/aromatic N) is 1. The Morgan fingerprint density at radius 2 is 2.10 bits per heavy atom. The van der Waals surface area contributed by atoms with E-state index in [2.05, 4.69) is 40.6 Å². The summed E-state index contributed by atoms with van der Waals surface area (Å²) in [5.41, 5.74) is 8.93. The van der Waals surface area contributed by atoms with Gasteiger partial charge in [-0.2, -0.15) is 0 Å². The third-order valence-corrected chi connectivity index (χ3v) is 6.49. The van der Waals surface area contributed by atoms with E-state index in [1.165, 1.54) is 32.5 Å². The normalized spacial score (nSPS) is 15.5. The summed E-state index contributed by atoms with van der Waals surface area (Å²) in [7, 11) is 0. The minimum Gasteiger partial charge on any atom is -0.326 e. The molecule has 0 saturated heterocycles. The van der Waals surface area contributed by atoms with E-state index in [0.717, 1.165) is 19.6 Å². The molecule has 108 valence electrons. The van der Waals surface area contributed by atoms with Crippen LogP contribution < -0.4 is 5.73 Å². The summed E-state index contributed by atoms with van der Waals surface area (Å²) < 4.78 is 1.36. The second-order valence-corrected chi connectivity index (χ2v) is 7.67. The lowest BCUT2D eigenvalue weighted by atomic mass is 10.1. The maximum absolute atomic E-state index is 5.97. The largest absolute Gasteiger partial charge is 0.326 e. The summed E-state index contributed by atoms with van der Waals surface area (Å²) in [5.74, 6) is 0. The first-order valence-corrected chi connectivity index (χ1v) is 9.01. The van der Waals surface area contributed by atoms with Crippen LogP contribution in [0.3, 0.4) is 0 Å². The van der Waals surface area contributed by atoms with Crippen molar-refractivity contribution in [2.45, 2.75) is 26.1 Å². The molecule has 1 aliphatic heterocycles. The molecule has 1 aromatic carbocycles. The van der Waals surface area contributed by atoms with E-state index >= 15 is 0 Å². The third kappa shape index (κ3) is 2.42. The van der Waals surface area contributed by atoms with Gasteiger partial charge in [0.05, 0.1) is 0 Å². The fourth-order valence-corrected chi connectivity index (χ4v) is 5.14. The van der Waals surface area contributed by atoms with Gasteiger partial charge >= 0.3 is 0 Å². The van der Waals surface area contributed by atoms with Crippen LogP contribution in [0.5, 0.6) is 0 Å². The lowest BCUT2D eigenvalue weighted by Gasteiger charge is -2.27. The van der Waals surface area contributed by atoms with Crippen molar-refractivity contribution in [2.24, 2.45) is 5.73 Å². The number of rotatable bonds is 3. The Morgan fingerprint density at radius 3 is 3.00 bits per heavy atom. The molecule has 0 unspecified atom stereocenters. The van der Waals surface area contributed by atoms with E-state index in [1.54, 1.807) is 4.88 Å². The maximum Gasteiger partial charge on any atom is 0.0349 e. The molecule has 2 aromatic heterocycles. The van der Waals surface area contributed by atoms with E-state index in [1.807, 2.05) is 22.7 Å². The number of hydrogen-bond acceptors (Lipinski definition) is 4. The van der Waals surface area contributed by atoms with E-state index < -0.39 is 0 Å². The van der Waals surface area contributed by atoms with Gasteiger partial charge in [-0.25, -0.2) is 0 Å². The van der Waals surface area contributed by atoms with Gasteiger partial charge in [0.15, 0.2) is 0 Å². The summed E-state index contributed by atoms with van der Waals surface area (Å²) in [5, 5.41) is 3.61. The Hall–Kier alpha value is -1.20. The topological polar surface area (TPSA) is 29.3 Å². The smallest absolute Gasteiger partial charge is 0.0349 e. The van der Waals surface area contributed by atoms with Crippen LogP contribution in [0.4, 0.5) is 0 Å². The van der Waals surface area contributed by atoms with Gasteiger partial charge in [-0.1, -0.05) is 18.2 Å². The lowest BCUT2D eigenvalue weighted by molar-refractivity contribution is 0.248. The number of fused-ring (bicyclic) bond motifs is 2. The van der Waals surface area contributed by atoms with Crippen molar-refractivity contribution in [2.75, 3.05) is 6.54 Å². The average Bonchev–Trinajstić information content (AvgIpc) is 3.11. The molecule has 0 fully saturated rings. The molecule has 3 heterocycles. The lowest BCUT2D eigenvalue weighted by Crippen LogP contribution is -2.29. The van der Waals surface area contributed by atoms with Gasteiger partial charge < -0.3 is 5.73 Å². The molecular formula is C17H18N2S2. The fraction of sp³-hybridized carbons (Fsp3) is 0.294. The Bertz CT molecular complexity index is 772. The maximum atomic E-state index is 5.97. The van der Waals surface area contributed by atoms with Crippen LogP contribution in [0.2, 0.25) is 0 Å². The first kappa shape index (κ1) is 13.5. The third-order valence-electron chi connectivity index (χ3n) is 4.24. The molecule has 3 aromatic rings. The summed E-state index contributed by atoms with van der Waals surface area (Å²) in [4.78, 5) is 5.47. The van der Waals surface area contributed by atoms with Gasteiger partial charge in [0.25, 0.3) is 0 Å². The van der Waals surface area contributed by atoms with Crippen LogP contribution in [-0.4, -0.2) is 11.4 Å². The van der Waals surface area contributed by atoms with Gasteiger partial charge in [-0.05, 0) is 40.4 Å². The molecule has 0 bridgehead atoms. The highest BCUT2D eigenvalue weighted by Crippen LogP contribution is 2.33. The van der Waals surface area contributed by atoms with Crippen molar-refractivity contribution < 1.29 is 0 Å². The molecular weight excluding hydrogens is 296 g/mol. The minimum atomic E-state index is 0.645. The summed E-state index contributed by atoms with van der Waals surface area (Å²) in [6.45, 7) is 3.90. The molecule has 21 heavy (non-hydrogen) atoms. The highest BCUT2D eigenvalue weighted by molar-refractivity contribution is 7.19. The van der Waals surface area contributed by atoms with Crippen molar-refractivity contribution in [3.8, 4) is 0 Å². The number of benzene rings is 1. The second kappa shape index (κ2) is 5.54. The minimum absolute atomic E-state index is 0.645. The van der Waals surface area contributed by atoms with Crippen molar-refractivity contribution in [1.29, 1.82) is 0 Å². The molecule has 0 atom stereocenters. The molecule has 4 heteroatoms. The number of nitrogens with two attached hydrogens (primary N) is 1. The molecule has 4 rings (SSSR count). The van der Waals surface area contributed by atoms with Crippen LogP contribution >= 0.6 is 22.7 Å². The summed E-state index contributed by atoms with van der Waals surface area (Å²) in [6, 6.07) is 11.0. The highest BCUT2D eigenvalue weighted by atomic mass is 32.1. The molecule has 2 nitrogen and oxygen atoms in total. The molecule has 1 aliphatic rings. The van der Waals surface area contributed by atoms with Crippen LogP contribution in [-0.2, 0) is 26.1 Å².